The van der Waals surface area contributed by atoms with Gasteiger partial charge in [0.05, 0.1) is 6.54 Å². The van der Waals surface area contributed by atoms with Crippen LogP contribution in [0.1, 0.15) is 49.5 Å². The van der Waals surface area contributed by atoms with Crippen LogP contribution in [0.2, 0.25) is 5.02 Å². The summed E-state index contributed by atoms with van der Waals surface area (Å²) in [7, 11) is 0. The van der Waals surface area contributed by atoms with E-state index in [-0.39, 0.29) is 5.76 Å². The lowest BCUT2D eigenvalue weighted by Gasteiger charge is -2.15. The molecule has 2 aromatic heterocycles. The van der Waals surface area contributed by atoms with Gasteiger partial charge in [0.25, 0.3) is 5.91 Å². The van der Waals surface area contributed by atoms with Crippen molar-refractivity contribution in [3.05, 3.63) is 52.9 Å². The minimum absolute atomic E-state index is 0.115. The SMILES string of the molecule is CCC(C(=O)NNC(=O)c1ccc(CN(CC)CC)o1)n1nnc(-c2ccc(Cl)cc2)n1. The molecule has 2 N–H and O–H groups in total. The van der Waals surface area contributed by atoms with E-state index in [4.69, 9.17) is 16.0 Å². The van der Waals surface area contributed by atoms with Gasteiger partial charge >= 0.3 is 5.91 Å². The smallest absolute Gasteiger partial charge is 0.305 e. The number of tetrazole rings is 1. The van der Waals surface area contributed by atoms with Crippen molar-refractivity contribution in [1.29, 1.82) is 0 Å². The average molecular weight is 460 g/mol. The summed E-state index contributed by atoms with van der Waals surface area (Å²) in [5.41, 5.74) is 5.50. The third-order valence-corrected chi connectivity index (χ3v) is 5.21. The number of nitrogens with one attached hydrogen (secondary N) is 2. The first-order valence-corrected chi connectivity index (χ1v) is 10.8. The quantitative estimate of drug-likeness (QED) is 0.472. The molecule has 3 rings (SSSR count). The van der Waals surface area contributed by atoms with Crippen LogP contribution in [0.3, 0.4) is 0 Å². The molecule has 2 amide bonds. The molecule has 11 heteroatoms. The zero-order chi connectivity index (χ0) is 23.1. The maximum absolute atomic E-state index is 12.6. The first kappa shape index (κ1) is 23.4. The van der Waals surface area contributed by atoms with Crippen LogP contribution in [0.4, 0.5) is 0 Å². The highest BCUT2D eigenvalue weighted by molar-refractivity contribution is 6.30. The molecule has 1 atom stereocenters. The van der Waals surface area contributed by atoms with Crippen LogP contribution in [0, 0.1) is 0 Å². The normalized spacial score (nSPS) is 12.0. The predicted octanol–water partition coefficient (Wildman–Crippen LogP) is 2.84. The standard InChI is InChI=1S/C21H26ClN7O3/c1-4-17(29-26-19(23-27-29)14-7-9-15(22)10-8-14)20(30)24-25-21(31)18-12-11-16(32-18)13-28(5-2)6-3/h7-12,17H,4-6,13H2,1-3H3,(H,24,30)(H,25,31). The van der Waals surface area contributed by atoms with Gasteiger partial charge in [0, 0.05) is 10.6 Å². The van der Waals surface area contributed by atoms with Crippen LogP contribution in [0.15, 0.2) is 40.8 Å². The molecule has 0 bridgehead atoms. The summed E-state index contributed by atoms with van der Waals surface area (Å²) in [5.74, 6) is 0.138. The van der Waals surface area contributed by atoms with E-state index >= 15 is 0 Å². The fourth-order valence-corrected chi connectivity index (χ4v) is 3.17. The Hall–Kier alpha value is -3.24. The van der Waals surface area contributed by atoms with E-state index in [1.807, 2.05) is 6.92 Å². The van der Waals surface area contributed by atoms with Crippen molar-refractivity contribution < 1.29 is 14.0 Å². The van der Waals surface area contributed by atoms with Gasteiger partial charge < -0.3 is 4.42 Å². The van der Waals surface area contributed by atoms with Crippen molar-refractivity contribution in [3.8, 4) is 11.4 Å². The number of aromatic nitrogens is 4. The second kappa shape index (κ2) is 10.9. The molecule has 1 aromatic carbocycles. The fourth-order valence-electron chi connectivity index (χ4n) is 3.04. The lowest BCUT2D eigenvalue weighted by atomic mass is 10.2. The molecule has 1 unspecified atom stereocenters. The summed E-state index contributed by atoms with van der Waals surface area (Å²) >= 11 is 5.90. The molecule has 0 saturated heterocycles. The van der Waals surface area contributed by atoms with Crippen molar-refractivity contribution in [2.75, 3.05) is 13.1 Å². The van der Waals surface area contributed by atoms with Gasteiger partial charge in [0.15, 0.2) is 11.8 Å². The number of hydrazine groups is 1. The number of halogens is 1. The lowest BCUT2D eigenvalue weighted by Crippen LogP contribution is -2.45. The predicted molar refractivity (Wildman–Crippen MR) is 119 cm³/mol. The van der Waals surface area contributed by atoms with Crippen LogP contribution in [-0.4, -0.2) is 50.0 Å². The van der Waals surface area contributed by atoms with Crippen molar-refractivity contribution in [2.45, 2.75) is 39.8 Å². The average Bonchev–Trinajstić information content (AvgIpc) is 3.47. The second-order valence-electron chi connectivity index (χ2n) is 7.04. The number of benzene rings is 1. The number of amides is 2. The number of hydrogen-bond donors (Lipinski definition) is 2. The summed E-state index contributed by atoms with van der Waals surface area (Å²) in [6.07, 6.45) is 0.396. The molecule has 32 heavy (non-hydrogen) atoms. The largest absolute Gasteiger partial charge is 0.454 e. The minimum atomic E-state index is -0.751. The Kier molecular flexibility index (Phi) is 7.96. The first-order valence-electron chi connectivity index (χ1n) is 10.4. The number of carbonyl (C=O) groups excluding carboxylic acids is 2. The molecule has 0 spiro atoms. The molecule has 0 fully saturated rings. The van der Waals surface area contributed by atoms with Crippen LogP contribution >= 0.6 is 11.6 Å². The molecule has 0 aliphatic heterocycles. The van der Waals surface area contributed by atoms with Gasteiger partial charge in [-0.2, -0.15) is 4.80 Å². The number of rotatable bonds is 9. The van der Waals surface area contributed by atoms with Crippen molar-refractivity contribution in [1.82, 2.24) is 36.0 Å². The van der Waals surface area contributed by atoms with E-state index in [0.29, 0.717) is 29.6 Å². The summed E-state index contributed by atoms with van der Waals surface area (Å²) < 4.78 is 5.59. The topological polar surface area (TPSA) is 118 Å². The highest BCUT2D eigenvalue weighted by Gasteiger charge is 2.23. The molecule has 10 nitrogen and oxygen atoms in total. The number of carbonyl (C=O) groups is 2. The summed E-state index contributed by atoms with van der Waals surface area (Å²) in [5, 5.41) is 12.9. The monoisotopic (exact) mass is 459 g/mol. The maximum atomic E-state index is 12.6. The molecule has 0 saturated carbocycles. The van der Waals surface area contributed by atoms with Gasteiger partial charge in [-0.15, -0.1) is 10.2 Å². The van der Waals surface area contributed by atoms with E-state index in [1.165, 1.54) is 4.80 Å². The Labute approximate surface area is 190 Å². The Balaban J connectivity index is 1.59. The third-order valence-electron chi connectivity index (χ3n) is 4.96. The zero-order valence-corrected chi connectivity index (χ0v) is 19.0. The van der Waals surface area contributed by atoms with Gasteiger partial charge in [0.1, 0.15) is 5.76 Å². The van der Waals surface area contributed by atoms with Gasteiger partial charge in [-0.05, 0) is 61.1 Å². The van der Waals surface area contributed by atoms with Gasteiger partial charge in [0.2, 0.25) is 5.82 Å². The molecule has 0 aliphatic rings. The van der Waals surface area contributed by atoms with E-state index in [0.717, 1.165) is 18.7 Å². The fraction of sp³-hybridized carbons (Fsp3) is 0.381. The number of hydrogen-bond acceptors (Lipinski definition) is 7. The Morgan fingerprint density at radius 2 is 1.81 bits per heavy atom. The molecule has 2 heterocycles. The summed E-state index contributed by atoms with van der Waals surface area (Å²) in [6, 6.07) is 9.55. The maximum Gasteiger partial charge on any atom is 0.305 e. The van der Waals surface area contributed by atoms with Crippen LogP contribution in [0.5, 0.6) is 0 Å². The molecule has 0 radical (unpaired) electrons. The van der Waals surface area contributed by atoms with E-state index < -0.39 is 17.9 Å². The number of nitrogens with zero attached hydrogens (tertiary/aromatic N) is 5. The van der Waals surface area contributed by atoms with Crippen LogP contribution in [0.25, 0.3) is 11.4 Å². The van der Waals surface area contributed by atoms with Crippen molar-refractivity contribution >= 4 is 23.4 Å². The molecular weight excluding hydrogens is 434 g/mol. The number of furan rings is 1. The lowest BCUT2D eigenvalue weighted by molar-refractivity contribution is -0.125. The molecule has 0 aliphatic carbocycles. The first-order chi connectivity index (χ1) is 15.4. The Morgan fingerprint density at radius 3 is 2.47 bits per heavy atom. The van der Waals surface area contributed by atoms with E-state index in [9.17, 15) is 9.59 Å². The minimum Gasteiger partial charge on any atom is -0.454 e. The highest BCUT2D eigenvalue weighted by Crippen LogP contribution is 2.18. The van der Waals surface area contributed by atoms with Gasteiger partial charge in [-0.3, -0.25) is 25.3 Å². The third kappa shape index (κ3) is 5.71. The summed E-state index contributed by atoms with van der Waals surface area (Å²) in [6.45, 7) is 8.29. The van der Waals surface area contributed by atoms with E-state index in [2.05, 4.69) is 45.0 Å². The molecule has 3 aromatic rings. The second-order valence-corrected chi connectivity index (χ2v) is 7.47. The van der Waals surface area contributed by atoms with Crippen LogP contribution < -0.4 is 10.9 Å². The van der Waals surface area contributed by atoms with Gasteiger partial charge in [-0.1, -0.05) is 32.4 Å². The Morgan fingerprint density at radius 1 is 1.09 bits per heavy atom. The molecule has 170 valence electrons. The molecular formula is C21H26ClN7O3. The highest BCUT2D eigenvalue weighted by atomic mass is 35.5. The van der Waals surface area contributed by atoms with Crippen LogP contribution in [-0.2, 0) is 11.3 Å². The summed E-state index contributed by atoms with van der Waals surface area (Å²) in [4.78, 5) is 28.4. The van der Waals surface area contributed by atoms with E-state index in [1.54, 1.807) is 36.4 Å². The van der Waals surface area contributed by atoms with Gasteiger partial charge in [-0.25, -0.2) is 0 Å². The van der Waals surface area contributed by atoms with Crippen molar-refractivity contribution in [3.63, 3.8) is 0 Å². The van der Waals surface area contributed by atoms with Crippen molar-refractivity contribution in [2.24, 2.45) is 0 Å². The zero-order valence-electron chi connectivity index (χ0n) is 18.2. The Bertz CT molecular complexity index is 1040.